The number of anilines is 4. The average Bonchev–Trinajstić information content (AvgIpc) is 3.60. The molecule has 12 heteroatoms. The molecule has 0 spiro atoms. The van der Waals surface area contributed by atoms with E-state index in [0.717, 1.165) is 56.9 Å². The minimum absolute atomic E-state index is 0.0834. The summed E-state index contributed by atoms with van der Waals surface area (Å²) in [5.41, 5.74) is 7.77. The summed E-state index contributed by atoms with van der Waals surface area (Å²) in [6.45, 7) is 3.76. The highest BCUT2D eigenvalue weighted by atomic mass is 16.3. The Bertz CT molecular complexity index is 1180. The molecule has 6 rings (SSSR count). The Kier molecular flexibility index (Phi) is 6.07. The SMILES string of the molecule is CN1CCN(C2CC3CC2N(c2nnc(C(N)O)c(Nc4ccc(N5CCC(=O)CC5)cc4)n2)C3)C1=O. The molecule has 196 valence electrons. The third kappa shape index (κ3) is 4.44. The second-order valence-electron chi connectivity index (χ2n) is 10.5. The van der Waals surface area contributed by atoms with Crippen molar-refractivity contribution in [1.82, 2.24) is 25.0 Å². The molecule has 3 aliphatic heterocycles. The average molecular weight is 508 g/mol. The fourth-order valence-corrected chi connectivity index (χ4v) is 6.18. The number of aliphatic hydroxyl groups excluding tert-OH is 1. The zero-order chi connectivity index (χ0) is 25.7. The molecule has 1 aromatic carbocycles. The first-order chi connectivity index (χ1) is 17.9. The van der Waals surface area contributed by atoms with Gasteiger partial charge < -0.3 is 35.8 Å². The fourth-order valence-electron chi connectivity index (χ4n) is 6.18. The van der Waals surface area contributed by atoms with Gasteiger partial charge in [-0.05, 0) is 43.0 Å². The molecule has 1 aliphatic carbocycles. The molecule has 2 amide bonds. The number of Topliss-reactive ketones (excluding diaryl/α,β-unsaturated/α-hetero) is 1. The van der Waals surface area contributed by atoms with E-state index in [-0.39, 0.29) is 23.8 Å². The molecule has 1 aromatic heterocycles. The second kappa shape index (κ2) is 9.42. The van der Waals surface area contributed by atoms with Crippen LogP contribution in [0.2, 0.25) is 0 Å². The lowest BCUT2D eigenvalue weighted by Gasteiger charge is -2.37. The number of aliphatic hydroxyl groups is 1. The second-order valence-corrected chi connectivity index (χ2v) is 10.5. The third-order valence-electron chi connectivity index (χ3n) is 8.15. The number of amides is 2. The predicted molar refractivity (Wildman–Crippen MR) is 138 cm³/mol. The van der Waals surface area contributed by atoms with Crippen LogP contribution in [-0.2, 0) is 4.79 Å². The summed E-state index contributed by atoms with van der Waals surface area (Å²) in [5.74, 6) is 1.61. The minimum Gasteiger partial charge on any atom is -0.373 e. The van der Waals surface area contributed by atoms with Gasteiger partial charge >= 0.3 is 6.03 Å². The van der Waals surface area contributed by atoms with Gasteiger partial charge in [-0.1, -0.05) is 0 Å². The summed E-state index contributed by atoms with van der Waals surface area (Å²) in [4.78, 5) is 37.1. The number of carbonyl (C=O) groups excluding carboxylic acids is 2. The molecular formula is C25H33N9O3. The number of ketones is 1. The first kappa shape index (κ1) is 23.9. The maximum atomic E-state index is 12.6. The summed E-state index contributed by atoms with van der Waals surface area (Å²) < 4.78 is 0. The van der Waals surface area contributed by atoms with E-state index >= 15 is 0 Å². The minimum atomic E-state index is -1.33. The van der Waals surface area contributed by atoms with Crippen molar-refractivity contribution in [2.24, 2.45) is 11.7 Å². The van der Waals surface area contributed by atoms with E-state index in [9.17, 15) is 14.7 Å². The Labute approximate surface area is 215 Å². The first-order valence-electron chi connectivity index (χ1n) is 13.0. The van der Waals surface area contributed by atoms with Crippen molar-refractivity contribution in [3.63, 3.8) is 0 Å². The van der Waals surface area contributed by atoms with Gasteiger partial charge in [0.05, 0.1) is 12.1 Å². The number of urea groups is 1. The van der Waals surface area contributed by atoms with Gasteiger partial charge in [-0.15, -0.1) is 10.2 Å². The maximum absolute atomic E-state index is 12.6. The van der Waals surface area contributed by atoms with E-state index in [1.807, 2.05) is 36.2 Å². The van der Waals surface area contributed by atoms with Crippen LogP contribution in [-0.4, -0.2) is 93.8 Å². The third-order valence-corrected chi connectivity index (χ3v) is 8.15. The largest absolute Gasteiger partial charge is 0.373 e. The van der Waals surface area contributed by atoms with Crippen molar-refractivity contribution in [2.45, 2.75) is 44.0 Å². The molecule has 37 heavy (non-hydrogen) atoms. The highest BCUT2D eigenvalue weighted by Crippen LogP contribution is 2.42. The van der Waals surface area contributed by atoms with Crippen LogP contribution in [0.15, 0.2) is 24.3 Å². The van der Waals surface area contributed by atoms with E-state index in [4.69, 9.17) is 10.7 Å². The molecular weight excluding hydrogens is 474 g/mol. The van der Waals surface area contributed by atoms with Crippen LogP contribution in [0.5, 0.6) is 0 Å². The fraction of sp³-hybridized carbons (Fsp3) is 0.560. The molecule has 4 atom stereocenters. The van der Waals surface area contributed by atoms with E-state index < -0.39 is 6.23 Å². The predicted octanol–water partition coefficient (Wildman–Crippen LogP) is 1.07. The van der Waals surface area contributed by atoms with Crippen molar-refractivity contribution in [2.75, 3.05) is 54.9 Å². The Morgan fingerprint density at radius 2 is 1.70 bits per heavy atom. The molecule has 4 unspecified atom stereocenters. The molecule has 0 radical (unpaired) electrons. The molecule has 4 fully saturated rings. The lowest BCUT2D eigenvalue weighted by Crippen LogP contribution is -2.52. The van der Waals surface area contributed by atoms with Gasteiger partial charge in [0.15, 0.2) is 12.0 Å². The number of fused-ring (bicyclic) bond motifs is 2. The Balaban J connectivity index is 1.21. The number of benzene rings is 1. The molecule has 4 aliphatic rings. The number of nitrogens with one attached hydrogen (secondary N) is 1. The van der Waals surface area contributed by atoms with Gasteiger partial charge in [-0.25, -0.2) is 4.79 Å². The number of aromatic nitrogens is 3. The van der Waals surface area contributed by atoms with Crippen molar-refractivity contribution < 1.29 is 14.7 Å². The normalized spacial score (nSPS) is 26.4. The van der Waals surface area contributed by atoms with Gasteiger partial charge in [0.2, 0.25) is 5.95 Å². The topological polar surface area (TPSA) is 144 Å². The van der Waals surface area contributed by atoms with Gasteiger partial charge in [0.1, 0.15) is 11.5 Å². The summed E-state index contributed by atoms with van der Waals surface area (Å²) in [6.07, 6.45) is 1.82. The van der Waals surface area contributed by atoms with Crippen LogP contribution >= 0.6 is 0 Å². The molecule has 12 nitrogen and oxygen atoms in total. The number of piperidine rings is 2. The van der Waals surface area contributed by atoms with E-state index in [0.29, 0.717) is 36.3 Å². The summed E-state index contributed by atoms with van der Waals surface area (Å²) in [7, 11) is 1.84. The number of nitrogens with two attached hydrogens (primary N) is 1. The van der Waals surface area contributed by atoms with Crippen LogP contribution in [0.1, 0.15) is 37.6 Å². The van der Waals surface area contributed by atoms with Crippen molar-refractivity contribution in [3.8, 4) is 0 Å². The maximum Gasteiger partial charge on any atom is 0.320 e. The van der Waals surface area contributed by atoms with Gasteiger partial charge in [0.25, 0.3) is 0 Å². The lowest BCUT2D eigenvalue weighted by atomic mass is 10.0. The number of nitrogens with zero attached hydrogens (tertiary/aromatic N) is 7. The number of rotatable bonds is 6. The van der Waals surface area contributed by atoms with Crippen molar-refractivity contribution >= 4 is 35.0 Å². The summed E-state index contributed by atoms with van der Waals surface area (Å²) in [5, 5.41) is 21.9. The quantitative estimate of drug-likeness (QED) is 0.486. The van der Waals surface area contributed by atoms with Crippen molar-refractivity contribution in [1.29, 1.82) is 0 Å². The number of likely N-dealkylation sites (N-methyl/N-ethyl adjacent to an activating group) is 1. The smallest absolute Gasteiger partial charge is 0.320 e. The highest BCUT2D eigenvalue weighted by molar-refractivity contribution is 5.81. The standard InChI is InChI=1S/C25H33N9O3/c1-31-10-11-33(25(31)37)19-12-15-13-20(19)34(14-15)24-28-23(21(22(26)36)29-30-24)27-16-2-4-17(5-3-16)32-8-6-18(35)7-9-32/h2-5,15,19-20,22,36H,6-14,26H2,1H3,(H,27,28,30). The summed E-state index contributed by atoms with van der Waals surface area (Å²) in [6, 6.07) is 8.22. The molecule has 4 N–H and O–H groups in total. The van der Waals surface area contributed by atoms with Gasteiger partial charge in [0, 0.05) is 64.0 Å². The van der Waals surface area contributed by atoms with Crippen LogP contribution in [0.3, 0.4) is 0 Å². The Morgan fingerprint density at radius 3 is 2.32 bits per heavy atom. The highest BCUT2D eigenvalue weighted by Gasteiger charge is 2.50. The molecule has 1 saturated carbocycles. The van der Waals surface area contributed by atoms with E-state index in [1.54, 1.807) is 4.90 Å². The first-order valence-corrected chi connectivity index (χ1v) is 13.0. The Hall–Kier alpha value is -3.51. The zero-order valence-corrected chi connectivity index (χ0v) is 21.0. The van der Waals surface area contributed by atoms with Gasteiger partial charge in [-0.3, -0.25) is 4.79 Å². The number of carbonyl (C=O) groups is 2. The van der Waals surface area contributed by atoms with E-state index in [1.165, 1.54) is 0 Å². The van der Waals surface area contributed by atoms with Gasteiger partial charge in [-0.2, -0.15) is 4.98 Å². The monoisotopic (exact) mass is 507 g/mol. The lowest BCUT2D eigenvalue weighted by molar-refractivity contribution is -0.119. The van der Waals surface area contributed by atoms with Crippen LogP contribution in [0.4, 0.5) is 27.9 Å². The Morgan fingerprint density at radius 1 is 1.00 bits per heavy atom. The molecule has 4 heterocycles. The van der Waals surface area contributed by atoms with Crippen LogP contribution in [0, 0.1) is 5.92 Å². The van der Waals surface area contributed by atoms with E-state index in [2.05, 4.69) is 25.3 Å². The van der Waals surface area contributed by atoms with Crippen LogP contribution < -0.4 is 20.9 Å². The number of hydrogen-bond donors (Lipinski definition) is 3. The number of hydrogen-bond acceptors (Lipinski definition) is 10. The van der Waals surface area contributed by atoms with Crippen molar-refractivity contribution in [3.05, 3.63) is 30.0 Å². The zero-order valence-electron chi connectivity index (χ0n) is 21.0. The molecule has 2 bridgehead atoms. The summed E-state index contributed by atoms with van der Waals surface area (Å²) >= 11 is 0. The molecule has 2 aromatic rings. The van der Waals surface area contributed by atoms with Crippen LogP contribution in [0.25, 0.3) is 0 Å². The molecule has 3 saturated heterocycles.